The molecule has 0 aromatic heterocycles. The van der Waals surface area contributed by atoms with Crippen molar-refractivity contribution in [1.82, 2.24) is 0 Å². The van der Waals surface area contributed by atoms with Crippen molar-refractivity contribution in [2.24, 2.45) is 0 Å². The first-order chi connectivity index (χ1) is 10.2. The normalized spacial score (nSPS) is 10.4. The van der Waals surface area contributed by atoms with E-state index >= 15 is 0 Å². The SMILES string of the molecule is CCCCCC(=O)Oc1ccc(-c2ccc(C)cc2)cc1. The molecule has 0 fully saturated rings. The maximum atomic E-state index is 11.7. The molecule has 0 aliphatic rings. The number of benzene rings is 2. The molecule has 0 heterocycles. The van der Waals surface area contributed by atoms with Gasteiger partial charge in [0.15, 0.2) is 0 Å². The number of unbranched alkanes of at least 4 members (excludes halogenated alkanes) is 2. The minimum Gasteiger partial charge on any atom is -0.427 e. The number of aryl methyl sites for hydroxylation is 1. The molecule has 0 aliphatic carbocycles. The molecule has 0 saturated carbocycles. The second kappa shape index (κ2) is 7.63. The third-order valence-electron chi connectivity index (χ3n) is 3.46. The summed E-state index contributed by atoms with van der Waals surface area (Å²) in [4.78, 5) is 11.7. The van der Waals surface area contributed by atoms with E-state index in [1.54, 1.807) is 0 Å². The molecule has 2 nitrogen and oxygen atoms in total. The minimum absolute atomic E-state index is 0.147. The van der Waals surface area contributed by atoms with Gasteiger partial charge in [-0.3, -0.25) is 4.79 Å². The largest absolute Gasteiger partial charge is 0.427 e. The standard InChI is InChI=1S/C19H22O2/c1-3-4-5-6-19(20)21-18-13-11-17(12-14-18)16-9-7-15(2)8-10-16/h7-14H,3-6H2,1-2H3. The molecule has 0 unspecified atom stereocenters. The van der Waals surface area contributed by atoms with Gasteiger partial charge in [0.25, 0.3) is 0 Å². The van der Waals surface area contributed by atoms with Crippen molar-refractivity contribution < 1.29 is 9.53 Å². The van der Waals surface area contributed by atoms with E-state index in [1.807, 2.05) is 24.3 Å². The number of rotatable bonds is 6. The average molecular weight is 282 g/mol. The van der Waals surface area contributed by atoms with Crippen LogP contribution in [0.15, 0.2) is 48.5 Å². The van der Waals surface area contributed by atoms with E-state index in [9.17, 15) is 4.79 Å². The molecule has 0 aliphatic heterocycles. The fourth-order valence-corrected chi connectivity index (χ4v) is 2.16. The van der Waals surface area contributed by atoms with Gasteiger partial charge >= 0.3 is 5.97 Å². The van der Waals surface area contributed by atoms with Crippen LogP contribution >= 0.6 is 0 Å². The maximum absolute atomic E-state index is 11.7. The highest BCUT2D eigenvalue weighted by Crippen LogP contribution is 2.23. The molecule has 0 atom stereocenters. The van der Waals surface area contributed by atoms with Crippen LogP contribution in [0, 0.1) is 6.92 Å². The number of esters is 1. The molecule has 21 heavy (non-hydrogen) atoms. The van der Waals surface area contributed by atoms with Crippen LogP contribution in [0.1, 0.15) is 38.2 Å². The monoisotopic (exact) mass is 282 g/mol. The number of ether oxygens (including phenoxy) is 1. The van der Waals surface area contributed by atoms with Crippen LogP contribution in [0.3, 0.4) is 0 Å². The summed E-state index contributed by atoms with van der Waals surface area (Å²) < 4.78 is 5.33. The Bertz CT molecular complexity index is 568. The Balaban J connectivity index is 1.95. The zero-order valence-electron chi connectivity index (χ0n) is 12.8. The molecule has 0 bridgehead atoms. The van der Waals surface area contributed by atoms with Gasteiger partial charge < -0.3 is 4.74 Å². The molecular weight excluding hydrogens is 260 g/mol. The van der Waals surface area contributed by atoms with Gasteiger partial charge in [-0.1, -0.05) is 61.7 Å². The molecule has 0 saturated heterocycles. The van der Waals surface area contributed by atoms with Crippen LogP contribution in [0.25, 0.3) is 11.1 Å². The first kappa shape index (κ1) is 15.3. The summed E-state index contributed by atoms with van der Waals surface area (Å²) >= 11 is 0. The molecule has 2 heteroatoms. The van der Waals surface area contributed by atoms with E-state index in [1.165, 1.54) is 11.1 Å². The Morgan fingerprint density at radius 2 is 1.48 bits per heavy atom. The predicted molar refractivity (Wildman–Crippen MR) is 86.4 cm³/mol. The Labute approximate surface area is 126 Å². The Morgan fingerprint density at radius 3 is 2.05 bits per heavy atom. The van der Waals surface area contributed by atoms with E-state index < -0.39 is 0 Å². The van der Waals surface area contributed by atoms with Gasteiger partial charge in [0, 0.05) is 6.42 Å². The highest BCUT2D eigenvalue weighted by molar-refractivity contribution is 5.73. The average Bonchev–Trinajstić information content (AvgIpc) is 2.49. The molecule has 110 valence electrons. The van der Waals surface area contributed by atoms with Gasteiger partial charge in [-0.05, 0) is 36.6 Å². The van der Waals surface area contributed by atoms with Crippen LogP contribution in [0.5, 0.6) is 5.75 Å². The summed E-state index contributed by atoms with van der Waals surface area (Å²) in [6.45, 7) is 4.19. The second-order valence-corrected chi connectivity index (χ2v) is 5.32. The van der Waals surface area contributed by atoms with Crippen LogP contribution < -0.4 is 4.74 Å². The second-order valence-electron chi connectivity index (χ2n) is 5.32. The highest BCUT2D eigenvalue weighted by Gasteiger charge is 2.05. The van der Waals surface area contributed by atoms with Crippen LogP contribution in [-0.4, -0.2) is 5.97 Å². The van der Waals surface area contributed by atoms with Crippen molar-refractivity contribution in [2.45, 2.75) is 39.5 Å². The van der Waals surface area contributed by atoms with Gasteiger partial charge in [0.2, 0.25) is 0 Å². The molecular formula is C19H22O2. The minimum atomic E-state index is -0.147. The molecule has 0 N–H and O–H groups in total. The van der Waals surface area contributed by atoms with Crippen molar-refractivity contribution in [3.63, 3.8) is 0 Å². The number of carbonyl (C=O) groups excluding carboxylic acids is 1. The van der Waals surface area contributed by atoms with Crippen LogP contribution in [-0.2, 0) is 4.79 Å². The molecule has 0 radical (unpaired) electrons. The van der Waals surface area contributed by atoms with Gasteiger partial charge in [0.05, 0.1) is 0 Å². The predicted octanol–water partition coefficient (Wildman–Crippen LogP) is 5.15. The molecule has 2 rings (SSSR count). The van der Waals surface area contributed by atoms with E-state index in [-0.39, 0.29) is 5.97 Å². The lowest BCUT2D eigenvalue weighted by molar-refractivity contribution is -0.134. The van der Waals surface area contributed by atoms with E-state index in [4.69, 9.17) is 4.74 Å². The smallest absolute Gasteiger partial charge is 0.311 e. The zero-order chi connectivity index (χ0) is 15.1. The highest BCUT2D eigenvalue weighted by atomic mass is 16.5. The van der Waals surface area contributed by atoms with Gasteiger partial charge in [-0.25, -0.2) is 0 Å². The quantitative estimate of drug-likeness (QED) is 0.416. The van der Waals surface area contributed by atoms with E-state index in [0.29, 0.717) is 12.2 Å². The van der Waals surface area contributed by atoms with E-state index in [0.717, 1.165) is 24.8 Å². The van der Waals surface area contributed by atoms with Crippen molar-refractivity contribution in [2.75, 3.05) is 0 Å². The lowest BCUT2D eigenvalue weighted by Gasteiger charge is -2.06. The summed E-state index contributed by atoms with van der Waals surface area (Å²) in [7, 11) is 0. The molecule has 0 spiro atoms. The van der Waals surface area contributed by atoms with Crippen molar-refractivity contribution >= 4 is 5.97 Å². The summed E-state index contributed by atoms with van der Waals surface area (Å²) in [6.07, 6.45) is 3.57. The van der Waals surface area contributed by atoms with Crippen molar-refractivity contribution in [1.29, 1.82) is 0 Å². The lowest BCUT2D eigenvalue weighted by atomic mass is 10.0. The number of hydrogen-bond donors (Lipinski definition) is 0. The Kier molecular flexibility index (Phi) is 5.56. The molecule has 2 aromatic carbocycles. The fourth-order valence-electron chi connectivity index (χ4n) is 2.16. The third kappa shape index (κ3) is 4.75. The Hall–Kier alpha value is -2.09. The van der Waals surface area contributed by atoms with Crippen LogP contribution in [0.2, 0.25) is 0 Å². The molecule has 2 aromatic rings. The van der Waals surface area contributed by atoms with Gasteiger partial charge in [-0.15, -0.1) is 0 Å². The number of carbonyl (C=O) groups is 1. The van der Waals surface area contributed by atoms with Crippen molar-refractivity contribution in [3.05, 3.63) is 54.1 Å². The van der Waals surface area contributed by atoms with Crippen LogP contribution in [0.4, 0.5) is 0 Å². The van der Waals surface area contributed by atoms with Crippen molar-refractivity contribution in [3.8, 4) is 16.9 Å². The lowest BCUT2D eigenvalue weighted by Crippen LogP contribution is -2.07. The summed E-state index contributed by atoms with van der Waals surface area (Å²) in [5.74, 6) is 0.471. The number of hydrogen-bond acceptors (Lipinski definition) is 2. The summed E-state index contributed by atoms with van der Waals surface area (Å²) in [5, 5.41) is 0. The fraction of sp³-hybridized carbons (Fsp3) is 0.316. The summed E-state index contributed by atoms with van der Waals surface area (Å²) in [5.41, 5.74) is 3.54. The van der Waals surface area contributed by atoms with Gasteiger partial charge in [0.1, 0.15) is 5.75 Å². The maximum Gasteiger partial charge on any atom is 0.311 e. The zero-order valence-corrected chi connectivity index (χ0v) is 12.8. The first-order valence-electron chi connectivity index (χ1n) is 7.57. The Morgan fingerprint density at radius 1 is 0.905 bits per heavy atom. The first-order valence-corrected chi connectivity index (χ1v) is 7.57. The topological polar surface area (TPSA) is 26.3 Å². The summed E-state index contributed by atoms with van der Waals surface area (Å²) in [6, 6.07) is 16.1. The molecule has 0 amide bonds. The third-order valence-corrected chi connectivity index (χ3v) is 3.46. The van der Waals surface area contributed by atoms with Gasteiger partial charge in [-0.2, -0.15) is 0 Å². The van der Waals surface area contributed by atoms with E-state index in [2.05, 4.69) is 38.1 Å².